The maximum absolute atomic E-state index is 12.0. The Morgan fingerprint density at radius 3 is 3.10 bits per heavy atom. The van der Waals surface area contributed by atoms with E-state index in [2.05, 4.69) is 28.5 Å². The fourth-order valence-electron chi connectivity index (χ4n) is 2.79. The van der Waals surface area contributed by atoms with Crippen molar-refractivity contribution < 1.29 is 4.79 Å². The number of aromatic nitrogens is 1. The third-order valence-corrected chi connectivity index (χ3v) is 5.05. The molecule has 5 heteroatoms. The van der Waals surface area contributed by atoms with Gasteiger partial charge in [0.15, 0.2) is 0 Å². The van der Waals surface area contributed by atoms with Crippen molar-refractivity contribution in [2.75, 3.05) is 19.8 Å². The van der Waals surface area contributed by atoms with E-state index in [0.717, 1.165) is 5.56 Å². The third kappa shape index (κ3) is 4.21. The number of hydrogen-bond acceptors (Lipinski definition) is 4. The maximum atomic E-state index is 12.0. The first-order chi connectivity index (χ1) is 9.70. The summed E-state index contributed by atoms with van der Waals surface area (Å²) in [5.74, 6) is 0.0862. The van der Waals surface area contributed by atoms with E-state index in [1.807, 2.05) is 23.9 Å². The average Bonchev–Trinajstić information content (AvgIpc) is 2.95. The predicted molar refractivity (Wildman–Crippen MR) is 83.7 cm³/mol. The Balaban J connectivity index is 1.76. The van der Waals surface area contributed by atoms with Gasteiger partial charge in [-0.25, -0.2) is 0 Å². The Morgan fingerprint density at radius 1 is 1.55 bits per heavy atom. The first-order valence-electron chi connectivity index (χ1n) is 7.09. The molecule has 1 aliphatic carbocycles. The van der Waals surface area contributed by atoms with E-state index in [-0.39, 0.29) is 5.91 Å². The van der Waals surface area contributed by atoms with Gasteiger partial charge in [-0.1, -0.05) is 12.5 Å². The number of carbonyl (C=O) groups is 1. The first kappa shape index (κ1) is 15.3. The molecule has 0 saturated heterocycles. The van der Waals surface area contributed by atoms with Crippen LogP contribution < -0.4 is 5.32 Å². The van der Waals surface area contributed by atoms with Crippen molar-refractivity contribution in [3.8, 4) is 0 Å². The molecule has 1 amide bonds. The van der Waals surface area contributed by atoms with Gasteiger partial charge in [0.05, 0.1) is 6.54 Å². The van der Waals surface area contributed by atoms with E-state index in [1.165, 1.54) is 19.3 Å². The zero-order chi connectivity index (χ0) is 14.4. The fourth-order valence-corrected chi connectivity index (χ4v) is 3.85. The van der Waals surface area contributed by atoms with Crippen molar-refractivity contribution >= 4 is 17.7 Å². The molecule has 1 fully saturated rings. The second-order valence-electron chi connectivity index (χ2n) is 5.33. The highest BCUT2D eigenvalue weighted by molar-refractivity contribution is 7.99. The van der Waals surface area contributed by atoms with E-state index in [0.29, 0.717) is 24.4 Å². The van der Waals surface area contributed by atoms with Gasteiger partial charge in [-0.05, 0) is 37.8 Å². The molecule has 1 saturated carbocycles. The van der Waals surface area contributed by atoms with Crippen LogP contribution in [-0.2, 0) is 11.3 Å². The molecule has 1 aromatic heterocycles. The van der Waals surface area contributed by atoms with Crippen LogP contribution in [0.5, 0.6) is 0 Å². The average molecular weight is 293 g/mol. The van der Waals surface area contributed by atoms with Crippen molar-refractivity contribution in [2.45, 2.75) is 37.1 Å². The molecule has 1 aliphatic rings. The van der Waals surface area contributed by atoms with E-state index in [1.54, 1.807) is 12.4 Å². The number of amides is 1. The molecule has 20 heavy (non-hydrogen) atoms. The van der Waals surface area contributed by atoms with Crippen LogP contribution in [0.4, 0.5) is 0 Å². The summed E-state index contributed by atoms with van der Waals surface area (Å²) in [5.41, 5.74) is 1.03. The molecule has 0 bridgehead atoms. The molecule has 1 heterocycles. The maximum Gasteiger partial charge on any atom is 0.234 e. The number of nitrogens with one attached hydrogen (secondary N) is 1. The Morgan fingerprint density at radius 2 is 2.40 bits per heavy atom. The Bertz CT molecular complexity index is 426. The van der Waals surface area contributed by atoms with E-state index in [9.17, 15) is 4.79 Å². The number of carbonyl (C=O) groups excluding carboxylic acids is 1. The molecule has 110 valence electrons. The van der Waals surface area contributed by atoms with Gasteiger partial charge in [0.25, 0.3) is 0 Å². The summed E-state index contributed by atoms with van der Waals surface area (Å²) < 4.78 is 0. The Hall–Kier alpha value is -1.07. The van der Waals surface area contributed by atoms with Crippen LogP contribution in [0.2, 0.25) is 0 Å². The standard InChI is InChI=1S/C15H23N3OS/c1-18(13-6-3-7-14(13)20-2)11-15(19)17-10-12-5-4-8-16-9-12/h4-5,8-9,13-14H,3,6-7,10-11H2,1-2H3,(H,17,19)/t13-,14+/m0/s1. The SMILES string of the molecule is CS[C@@H]1CCC[C@@H]1N(C)CC(=O)NCc1cccnc1. The molecule has 1 aromatic rings. The van der Waals surface area contributed by atoms with Gasteiger partial charge in [0.1, 0.15) is 0 Å². The molecule has 0 unspecified atom stereocenters. The van der Waals surface area contributed by atoms with Gasteiger partial charge in [-0.2, -0.15) is 11.8 Å². The van der Waals surface area contributed by atoms with Gasteiger partial charge in [0, 0.05) is 30.2 Å². The molecule has 2 rings (SSSR count). The van der Waals surface area contributed by atoms with E-state index in [4.69, 9.17) is 0 Å². The van der Waals surface area contributed by atoms with Crippen LogP contribution in [0.1, 0.15) is 24.8 Å². The monoisotopic (exact) mass is 293 g/mol. The Labute approximate surface area is 125 Å². The summed E-state index contributed by atoms with van der Waals surface area (Å²) in [6.45, 7) is 1.03. The quantitative estimate of drug-likeness (QED) is 0.870. The highest BCUT2D eigenvalue weighted by atomic mass is 32.2. The second-order valence-corrected chi connectivity index (χ2v) is 6.40. The van der Waals surface area contributed by atoms with Crippen LogP contribution in [0.25, 0.3) is 0 Å². The molecule has 0 radical (unpaired) electrons. The number of thioether (sulfide) groups is 1. The number of likely N-dealkylation sites (N-methyl/N-ethyl adjacent to an activating group) is 1. The van der Waals surface area contributed by atoms with Crippen LogP contribution in [0.3, 0.4) is 0 Å². The normalized spacial score (nSPS) is 22.1. The van der Waals surface area contributed by atoms with Gasteiger partial charge >= 0.3 is 0 Å². The van der Waals surface area contributed by atoms with Gasteiger partial charge in [-0.15, -0.1) is 0 Å². The summed E-state index contributed by atoms with van der Waals surface area (Å²) in [6, 6.07) is 4.39. The molecule has 4 nitrogen and oxygen atoms in total. The van der Waals surface area contributed by atoms with Crippen LogP contribution in [0.15, 0.2) is 24.5 Å². The van der Waals surface area contributed by atoms with Gasteiger partial charge < -0.3 is 5.32 Å². The third-order valence-electron chi connectivity index (χ3n) is 3.89. The summed E-state index contributed by atoms with van der Waals surface area (Å²) in [7, 11) is 2.06. The van der Waals surface area contributed by atoms with Crippen LogP contribution in [-0.4, -0.2) is 46.9 Å². The van der Waals surface area contributed by atoms with Gasteiger partial charge in [0.2, 0.25) is 5.91 Å². The number of nitrogens with zero attached hydrogens (tertiary/aromatic N) is 2. The largest absolute Gasteiger partial charge is 0.351 e. The lowest BCUT2D eigenvalue weighted by Gasteiger charge is -2.28. The Kier molecular flexibility index (Phi) is 5.86. The summed E-state index contributed by atoms with van der Waals surface area (Å²) >= 11 is 1.92. The van der Waals surface area contributed by atoms with Crippen LogP contribution >= 0.6 is 11.8 Å². The lowest BCUT2D eigenvalue weighted by molar-refractivity contribution is -0.122. The fraction of sp³-hybridized carbons (Fsp3) is 0.600. The van der Waals surface area contributed by atoms with E-state index < -0.39 is 0 Å². The lowest BCUT2D eigenvalue weighted by Crippen LogP contribution is -2.42. The van der Waals surface area contributed by atoms with Crippen molar-refractivity contribution in [3.63, 3.8) is 0 Å². The minimum Gasteiger partial charge on any atom is -0.351 e. The molecule has 0 aromatic carbocycles. The number of pyridine rings is 1. The van der Waals surface area contributed by atoms with Crippen molar-refractivity contribution in [2.24, 2.45) is 0 Å². The number of rotatable bonds is 6. The van der Waals surface area contributed by atoms with Crippen LogP contribution in [0, 0.1) is 0 Å². The summed E-state index contributed by atoms with van der Waals surface area (Å²) in [5, 5.41) is 3.63. The lowest BCUT2D eigenvalue weighted by atomic mass is 10.2. The predicted octanol–water partition coefficient (Wildman–Crippen LogP) is 1.91. The first-order valence-corrected chi connectivity index (χ1v) is 8.38. The summed E-state index contributed by atoms with van der Waals surface area (Å²) in [4.78, 5) is 18.2. The molecular weight excluding hydrogens is 270 g/mol. The van der Waals surface area contributed by atoms with Crippen molar-refractivity contribution in [1.29, 1.82) is 0 Å². The zero-order valence-electron chi connectivity index (χ0n) is 12.2. The molecule has 2 atom stereocenters. The molecule has 0 spiro atoms. The summed E-state index contributed by atoms with van der Waals surface area (Å²) in [6.07, 6.45) is 9.44. The highest BCUT2D eigenvalue weighted by Gasteiger charge is 2.30. The second kappa shape index (κ2) is 7.64. The minimum atomic E-state index is 0.0862. The molecular formula is C15H23N3OS. The topological polar surface area (TPSA) is 45.2 Å². The molecule has 0 aliphatic heterocycles. The van der Waals surface area contributed by atoms with E-state index >= 15 is 0 Å². The smallest absolute Gasteiger partial charge is 0.234 e. The van der Waals surface area contributed by atoms with Crippen molar-refractivity contribution in [3.05, 3.63) is 30.1 Å². The highest BCUT2D eigenvalue weighted by Crippen LogP contribution is 2.31. The zero-order valence-corrected chi connectivity index (χ0v) is 13.0. The van der Waals surface area contributed by atoms with Crippen molar-refractivity contribution in [1.82, 2.24) is 15.2 Å². The number of hydrogen-bond donors (Lipinski definition) is 1. The van der Waals surface area contributed by atoms with Gasteiger partial charge in [-0.3, -0.25) is 14.7 Å². The molecule has 1 N–H and O–H groups in total. The minimum absolute atomic E-state index is 0.0862.